The summed E-state index contributed by atoms with van der Waals surface area (Å²) >= 11 is 4.82. The Balaban J connectivity index is 2.29. The van der Waals surface area contributed by atoms with Crippen LogP contribution in [0.3, 0.4) is 0 Å². The van der Waals surface area contributed by atoms with Crippen molar-refractivity contribution in [3.05, 3.63) is 46.6 Å². The largest absolute Gasteiger partial charge is 0.462 e. The lowest BCUT2D eigenvalue weighted by Crippen LogP contribution is -2.09. The third kappa shape index (κ3) is 3.52. The molecular formula is C14H13BrN2O2S. The van der Waals surface area contributed by atoms with E-state index in [2.05, 4.69) is 20.9 Å². The fraction of sp³-hybridized carbons (Fsp3) is 0.143. The van der Waals surface area contributed by atoms with Gasteiger partial charge >= 0.3 is 5.97 Å². The van der Waals surface area contributed by atoms with Gasteiger partial charge in [0.1, 0.15) is 5.03 Å². The Hall–Kier alpha value is -1.53. The van der Waals surface area contributed by atoms with Gasteiger partial charge in [0.05, 0.1) is 17.9 Å². The summed E-state index contributed by atoms with van der Waals surface area (Å²) in [7, 11) is 0. The Morgan fingerprint density at radius 1 is 1.45 bits per heavy atom. The summed E-state index contributed by atoms with van der Waals surface area (Å²) in [5.41, 5.74) is 6.69. The van der Waals surface area contributed by atoms with Crippen LogP contribution in [0.25, 0.3) is 0 Å². The summed E-state index contributed by atoms with van der Waals surface area (Å²) in [6, 6.07) is 9.35. The zero-order valence-electron chi connectivity index (χ0n) is 10.8. The first-order chi connectivity index (χ1) is 9.61. The Labute approximate surface area is 129 Å². The summed E-state index contributed by atoms with van der Waals surface area (Å²) in [4.78, 5) is 17.0. The van der Waals surface area contributed by atoms with Crippen molar-refractivity contribution in [3.8, 4) is 0 Å². The van der Waals surface area contributed by atoms with E-state index in [-0.39, 0.29) is 0 Å². The Kier molecular flexibility index (Phi) is 5.03. The number of nitrogens with two attached hydrogens (primary N) is 1. The summed E-state index contributed by atoms with van der Waals surface area (Å²) in [6.45, 7) is 2.07. The second-order valence-corrected chi connectivity index (χ2v) is 5.84. The number of carbonyl (C=O) groups is 1. The van der Waals surface area contributed by atoms with Crippen LogP contribution in [0, 0.1) is 0 Å². The highest BCUT2D eigenvalue weighted by Gasteiger charge is 2.15. The number of hydrogen-bond donors (Lipinski definition) is 1. The predicted octanol–water partition coefficient (Wildman–Crippen LogP) is 3.75. The zero-order valence-corrected chi connectivity index (χ0v) is 13.2. The van der Waals surface area contributed by atoms with E-state index in [1.807, 2.05) is 24.3 Å². The number of ether oxygens (including phenoxy) is 1. The van der Waals surface area contributed by atoms with Crippen LogP contribution in [0.1, 0.15) is 17.3 Å². The molecule has 104 valence electrons. The Bertz CT molecular complexity index is 634. The van der Waals surface area contributed by atoms with E-state index in [4.69, 9.17) is 10.5 Å². The molecule has 0 saturated carbocycles. The number of rotatable bonds is 4. The highest BCUT2D eigenvalue weighted by Crippen LogP contribution is 2.33. The minimum Gasteiger partial charge on any atom is -0.462 e. The van der Waals surface area contributed by atoms with Gasteiger partial charge in [0, 0.05) is 15.6 Å². The molecule has 2 rings (SSSR count). The molecule has 20 heavy (non-hydrogen) atoms. The van der Waals surface area contributed by atoms with E-state index in [1.165, 1.54) is 11.8 Å². The molecule has 0 radical (unpaired) electrons. The van der Waals surface area contributed by atoms with Crippen LogP contribution in [-0.4, -0.2) is 17.6 Å². The summed E-state index contributed by atoms with van der Waals surface area (Å²) < 4.78 is 5.94. The van der Waals surface area contributed by atoms with Crippen LogP contribution < -0.4 is 5.73 Å². The number of nitrogen functional groups attached to an aromatic ring is 1. The number of anilines is 1. The number of carbonyl (C=O) groups excluding carboxylic acids is 1. The van der Waals surface area contributed by atoms with Gasteiger partial charge in [-0.15, -0.1) is 0 Å². The number of hydrogen-bond acceptors (Lipinski definition) is 5. The molecule has 0 fully saturated rings. The van der Waals surface area contributed by atoms with Crippen molar-refractivity contribution >= 4 is 39.3 Å². The van der Waals surface area contributed by atoms with E-state index < -0.39 is 5.97 Å². The third-order valence-electron chi connectivity index (χ3n) is 2.46. The van der Waals surface area contributed by atoms with Gasteiger partial charge in [0.15, 0.2) is 0 Å². The van der Waals surface area contributed by atoms with Crippen LogP contribution in [0.5, 0.6) is 0 Å². The molecule has 0 spiro atoms. The third-order valence-corrected chi connectivity index (χ3v) is 3.96. The highest BCUT2D eigenvalue weighted by molar-refractivity contribution is 9.10. The number of aromatic nitrogens is 1. The average Bonchev–Trinajstić information content (AvgIpc) is 2.41. The first-order valence-corrected chi connectivity index (χ1v) is 7.57. The van der Waals surface area contributed by atoms with Gasteiger partial charge in [0.2, 0.25) is 0 Å². The maximum absolute atomic E-state index is 11.8. The Morgan fingerprint density at radius 2 is 2.25 bits per heavy atom. The molecule has 0 aliphatic carbocycles. The summed E-state index contributed by atoms with van der Waals surface area (Å²) in [6.07, 6.45) is 1.56. The summed E-state index contributed by atoms with van der Waals surface area (Å²) in [5.74, 6) is -0.427. The molecule has 6 heteroatoms. The lowest BCUT2D eigenvalue weighted by atomic mass is 10.2. The molecular weight excluding hydrogens is 340 g/mol. The van der Waals surface area contributed by atoms with Crippen LogP contribution in [0.15, 0.2) is 50.9 Å². The molecule has 2 N–H and O–H groups in total. The fourth-order valence-electron chi connectivity index (χ4n) is 1.56. The van der Waals surface area contributed by atoms with Crippen molar-refractivity contribution in [1.29, 1.82) is 0 Å². The van der Waals surface area contributed by atoms with Crippen molar-refractivity contribution in [2.75, 3.05) is 12.3 Å². The van der Waals surface area contributed by atoms with E-state index in [0.29, 0.717) is 22.9 Å². The molecule has 0 aliphatic heterocycles. The van der Waals surface area contributed by atoms with Gasteiger partial charge in [-0.3, -0.25) is 0 Å². The molecule has 0 unspecified atom stereocenters. The second-order valence-electron chi connectivity index (χ2n) is 3.86. The van der Waals surface area contributed by atoms with Crippen molar-refractivity contribution < 1.29 is 9.53 Å². The quantitative estimate of drug-likeness (QED) is 0.848. The molecule has 0 atom stereocenters. The molecule has 1 aromatic carbocycles. The van der Waals surface area contributed by atoms with Crippen LogP contribution in [-0.2, 0) is 4.74 Å². The van der Waals surface area contributed by atoms with Crippen molar-refractivity contribution in [1.82, 2.24) is 4.98 Å². The van der Waals surface area contributed by atoms with Crippen molar-refractivity contribution in [2.45, 2.75) is 16.8 Å². The molecule has 1 aromatic heterocycles. The fourth-order valence-corrected chi connectivity index (χ4v) is 3.00. The molecule has 0 aliphatic rings. The molecule has 1 heterocycles. The second kappa shape index (κ2) is 6.76. The van der Waals surface area contributed by atoms with E-state index in [1.54, 1.807) is 19.2 Å². The number of nitrogens with zero attached hydrogens (tertiary/aromatic N) is 1. The van der Waals surface area contributed by atoms with Gasteiger partial charge in [0.25, 0.3) is 0 Å². The zero-order chi connectivity index (χ0) is 14.5. The predicted molar refractivity (Wildman–Crippen MR) is 82.9 cm³/mol. The molecule has 0 amide bonds. The van der Waals surface area contributed by atoms with Crippen LogP contribution in [0.4, 0.5) is 5.69 Å². The number of esters is 1. The van der Waals surface area contributed by atoms with E-state index in [0.717, 1.165) is 9.37 Å². The molecule has 0 bridgehead atoms. The van der Waals surface area contributed by atoms with E-state index >= 15 is 0 Å². The maximum atomic E-state index is 11.8. The standard InChI is InChI=1S/C14H13BrN2O2S/c1-2-19-14(18)11-6-7-17-13(12(11)16)20-10-5-3-4-9(15)8-10/h3-8H,2,16H2,1H3. The first kappa shape index (κ1) is 14.9. The normalized spacial score (nSPS) is 10.3. The van der Waals surface area contributed by atoms with Gasteiger partial charge in [-0.25, -0.2) is 9.78 Å². The SMILES string of the molecule is CCOC(=O)c1ccnc(Sc2cccc(Br)c2)c1N. The number of benzene rings is 1. The van der Waals surface area contributed by atoms with Crippen LogP contribution in [0.2, 0.25) is 0 Å². The molecule has 4 nitrogen and oxygen atoms in total. The van der Waals surface area contributed by atoms with Gasteiger partial charge < -0.3 is 10.5 Å². The van der Waals surface area contributed by atoms with Gasteiger partial charge in [-0.05, 0) is 31.2 Å². The smallest absolute Gasteiger partial charge is 0.340 e. The lowest BCUT2D eigenvalue weighted by molar-refractivity contribution is 0.0527. The lowest BCUT2D eigenvalue weighted by Gasteiger charge is -2.09. The first-order valence-electron chi connectivity index (χ1n) is 5.97. The topological polar surface area (TPSA) is 65.2 Å². The minimum atomic E-state index is -0.427. The molecule has 2 aromatic rings. The van der Waals surface area contributed by atoms with Crippen molar-refractivity contribution in [3.63, 3.8) is 0 Å². The number of halogens is 1. The van der Waals surface area contributed by atoms with Crippen LogP contribution >= 0.6 is 27.7 Å². The monoisotopic (exact) mass is 352 g/mol. The number of pyridine rings is 1. The Morgan fingerprint density at radius 3 is 2.95 bits per heavy atom. The maximum Gasteiger partial charge on any atom is 0.340 e. The van der Waals surface area contributed by atoms with Gasteiger partial charge in [-0.2, -0.15) is 0 Å². The average molecular weight is 353 g/mol. The highest BCUT2D eigenvalue weighted by atomic mass is 79.9. The van der Waals surface area contributed by atoms with Crippen molar-refractivity contribution in [2.24, 2.45) is 0 Å². The minimum absolute atomic E-state index is 0.314. The summed E-state index contributed by atoms with van der Waals surface area (Å²) in [5, 5.41) is 0.591. The van der Waals surface area contributed by atoms with E-state index in [9.17, 15) is 4.79 Å². The molecule has 0 saturated heterocycles. The van der Waals surface area contributed by atoms with Gasteiger partial charge in [-0.1, -0.05) is 33.8 Å².